The monoisotopic (exact) mass is 379 g/mol. The molecule has 1 amide bonds. The lowest BCUT2D eigenvalue weighted by Gasteiger charge is -2.32. The molecular weight excluding hydrogens is 354 g/mol. The lowest BCUT2D eigenvalue weighted by atomic mass is 9.97. The van der Waals surface area contributed by atoms with Crippen molar-refractivity contribution in [3.8, 4) is 5.69 Å². The summed E-state index contributed by atoms with van der Waals surface area (Å²) >= 11 is 1.69. The number of benzene rings is 1. The Morgan fingerprint density at radius 3 is 2.63 bits per heavy atom. The number of carbonyl (C=O) groups excluding carboxylic acids is 1. The molecule has 0 saturated carbocycles. The normalized spacial score (nSPS) is 17.3. The molecule has 3 aromatic rings. The molecule has 1 aromatic carbocycles. The van der Waals surface area contributed by atoms with Crippen molar-refractivity contribution >= 4 is 17.2 Å². The van der Waals surface area contributed by atoms with Gasteiger partial charge in [0.2, 0.25) is 0 Å². The quantitative estimate of drug-likeness (QED) is 0.650. The largest absolute Gasteiger partial charge is 0.338 e. The first-order chi connectivity index (χ1) is 13.0. The van der Waals surface area contributed by atoms with Crippen molar-refractivity contribution in [2.45, 2.75) is 39.5 Å². The fraction of sp³-hybridized carbons (Fsp3) is 0.364. The molecule has 0 radical (unpaired) electrons. The molecule has 4 rings (SSSR count). The number of carbonyl (C=O) groups is 1. The zero-order valence-electron chi connectivity index (χ0n) is 16.1. The third-order valence-corrected chi connectivity index (χ3v) is 6.34. The molecule has 1 atom stereocenters. The Morgan fingerprint density at radius 2 is 1.93 bits per heavy atom. The molecule has 0 N–H and O–H groups in total. The molecule has 4 nitrogen and oxygen atoms in total. The van der Waals surface area contributed by atoms with Gasteiger partial charge >= 0.3 is 0 Å². The highest BCUT2D eigenvalue weighted by molar-refractivity contribution is 7.09. The van der Waals surface area contributed by atoms with E-state index in [4.69, 9.17) is 0 Å². The third kappa shape index (κ3) is 3.44. The third-order valence-electron chi connectivity index (χ3n) is 5.40. The Labute approximate surface area is 164 Å². The standard InChI is InChI=1S/C22H25N3OS/c1-15-6-9-20(25-16(2)7-8-17(25)3)19(13-15)22(26)24-11-4-5-18(14-24)21-23-10-12-27-21/h6-10,12-13,18H,4-5,11,14H2,1-3H3. The van der Waals surface area contributed by atoms with Gasteiger partial charge in [0.1, 0.15) is 0 Å². The number of thiazole rings is 1. The molecule has 2 aromatic heterocycles. The average Bonchev–Trinajstić information content (AvgIpc) is 3.32. The molecule has 27 heavy (non-hydrogen) atoms. The Bertz CT molecular complexity index is 939. The van der Waals surface area contributed by atoms with Crippen molar-refractivity contribution in [3.05, 3.63) is 69.4 Å². The number of amides is 1. The lowest BCUT2D eigenvalue weighted by molar-refractivity contribution is 0.0707. The summed E-state index contributed by atoms with van der Waals surface area (Å²) < 4.78 is 2.18. The number of aryl methyl sites for hydroxylation is 3. The van der Waals surface area contributed by atoms with E-state index in [1.165, 1.54) is 0 Å². The van der Waals surface area contributed by atoms with E-state index in [-0.39, 0.29) is 5.91 Å². The van der Waals surface area contributed by atoms with Crippen molar-refractivity contribution < 1.29 is 4.79 Å². The number of nitrogens with zero attached hydrogens (tertiary/aromatic N) is 3. The summed E-state index contributed by atoms with van der Waals surface area (Å²) in [5.74, 6) is 0.480. The van der Waals surface area contributed by atoms with Crippen LogP contribution >= 0.6 is 11.3 Å². The maximum absolute atomic E-state index is 13.5. The van der Waals surface area contributed by atoms with E-state index in [1.807, 2.05) is 29.5 Å². The molecule has 0 spiro atoms. The summed E-state index contributed by atoms with van der Waals surface area (Å²) in [5, 5.41) is 3.17. The van der Waals surface area contributed by atoms with Gasteiger partial charge in [-0.2, -0.15) is 0 Å². The summed E-state index contributed by atoms with van der Waals surface area (Å²) in [6, 6.07) is 10.4. The average molecular weight is 380 g/mol. The van der Waals surface area contributed by atoms with Crippen LogP contribution in [0.15, 0.2) is 41.9 Å². The zero-order chi connectivity index (χ0) is 19.0. The van der Waals surface area contributed by atoms with Crippen LogP contribution in [0.3, 0.4) is 0 Å². The number of hydrogen-bond donors (Lipinski definition) is 0. The van der Waals surface area contributed by atoms with Gasteiger partial charge in [-0.1, -0.05) is 11.6 Å². The van der Waals surface area contributed by atoms with E-state index in [2.05, 4.69) is 47.7 Å². The number of rotatable bonds is 3. The molecule has 140 valence electrons. The Balaban J connectivity index is 1.68. The summed E-state index contributed by atoms with van der Waals surface area (Å²) in [7, 11) is 0. The summed E-state index contributed by atoms with van der Waals surface area (Å²) in [6.07, 6.45) is 3.99. The Morgan fingerprint density at radius 1 is 1.15 bits per heavy atom. The summed E-state index contributed by atoms with van der Waals surface area (Å²) in [4.78, 5) is 20.0. The number of likely N-dealkylation sites (tertiary alicyclic amines) is 1. The van der Waals surface area contributed by atoms with Crippen molar-refractivity contribution in [1.29, 1.82) is 0 Å². The molecule has 1 aliphatic heterocycles. The molecule has 1 unspecified atom stereocenters. The molecule has 0 bridgehead atoms. The van der Waals surface area contributed by atoms with Gasteiger partial charge in [-0.3, -0.25) is 4.79 Å². The second kappa shape index (κ2) is 7.31. The minimum Gasteiger partial charge on any atom is -0.338 e. The van der Waals surface area contributed by atoms with Gasteiger partial charge in [-0.25, -0.2) is 4.98 Å². The Hall–Kier alpha value is -2.40. The molecule has 1 saturated heterocycles. The Kier molecular flexibility index (Phi) is 4.87. The predicted octanol–water partition coefficient (Wildman–Crippen LogP) is 4.88. The first kappa shape index (κ1) is 18.0. The minimum absolute atomic E-state index is 0.127. The van der Waals surface area contributed by atoms with Gasteiger partial charge in [-0.05, 0) is 57.9 Å². The van der Waals surface area contributed by atoms with Crippen LogP contribution in [0.5, 0.6) is 0 Å². The molecule has 5 heteroatoms. The fourth-order valence-electron chi connectivity index (χ4n) is 4.03. The van der Waals surface area contributed by atoms with Crippen molar-refractivity contribution in [3.63, 3.8) is 0 Å². The van der Waals surface area contributed by atoms with Crippen LogP contribution in [-0.2, 0) is 0 Å². The van der Waals surface area contributed by atoms with Gasteiger partial charge in [0.25, 0.3) is 5.91 Å². The first-order valence-corrected chi connectivity index (χ1v) is 10.4. The highest BCUT2D eigenvalue weighted by atomic mass is 32.1. The number of piperidine rings is 1. The van der Waals surface area contributed by atoms with E-state index in [9.17, 15) is 4.79 Å². The summed E-state index contributed by atoms with van der Waals surface area (Å²) in [6.45, 7) is 7.78. The SMILES string of the molecule is Cc1ccc(-n2c(C)ccc2C)c(C(=O)N2CCCC(c3nccs3)C2)c1. The maximum atomic E-state index is 13.5. The van der Waals surface area contributed by atoms with E-state index >= 15 is 0 Å². The van der Waals surface area contributed by atoms with Crippen LogP contribution in [-0.4, -0.2) is 33.4 Å². The molecule has 3 heterocycles. The van der Waals surface area contributed by atoms with E-state index in [0.717, 1.165) is 59.1 Å². The summed E-state index contributed by atoms with van der Waals surface area (Å²) in [5.41, 5.74) is 5.16. The van der Waals surface area contributed by atoms with E-state index in [1.54, 1.807) is 11.3 Å². The van der Waals surface area contributed by atoms with Gasteiger partial charge in [0.05, 0.1) is 16.3 Å². The van der Waals surface area contributed by atoms with Crippen molar-refractivity contribution in [2.24, 2.45) is 0 Å². The van der Waals surface area contributed by atoms with Crippen molar-refractivity contribution in [2.75, 3.05) is 13.1 Å². The van der Waals surface area contributed by atoms with E-state index in [0.29, 0.717) is 5.92 Å². The second-order valence-corrected chi connectivity index (χ2v) is 8.36. The van der Waals surface area contributed by atoms with E-state index < -0.39 is 0 Å². The molecule has 1 fully saturated rings. The first-order valence-electron chi connectivity index (χ1n) is 9.49. The maximum Gasteiger partial charge on any atom is 0.256 e. The highest BCUT2D eigenvalue weighted by Crippen LogP contribution is 2.30. The second-order valence-electron chi connectivity index (χ2n) is 7.43. The van der Waals surface area contributed by atoms with Crippen LogP contribution in [0.25, 0.3) is 5.69 Å². The van der Waals surface area contributed by atoms with Gasteiger partial charge in [0, 0.05) is 42.0 Å². The zero-order valence-corrected chi connectivity index (χ0v) is 16.9. The molecule has 0 aliphatic carbocycles. The van der Waals surface area contributed by atoms with Crippen molar-refractivity contribution in [1.82, 2.24) is 14.5 Å². The lowest BCUT2D eigenvalue weighted by Crippen LogP contribution is -2.39. The highest BCUT2D eigenvalue weighted by Gasteiger charge is 2.28. The van der Waals surface area contributed by atoms with Crippen LogP contribution < -0.4 is 0 Å². The number of aromatic nitrogens is 2. The van der Waals surface area contributed by atoms with Gasteiger partial charge in [-0.15, -0.1) is 11.3 Å². The minimum atomic E-state index is 0.127. The predicted molar refractivity (Wildman–Crippen MR) is 110 cm³/mol. The topological polar surface area (TPSA) is 38.1 Å². The van der Waals surface area contributed by atoms with Gasteiger partial charge in [0.15, 0.2) is 0 Å². The van der Waals surface area contributed by atoms with Crippen LogP contribution in [0.2, 0.25) is 0 Å². The van der Waals surface area contributed by atoms with Gasteiger partial charge < -0.3 is 9.47 Å². The smallest absolute Gasteiger partial charge is 0.256 e. The van der Waals surface area contributed by atoms with Crippen LogP contribution in [0, 0.1) is 20.8 Å². The molecular formula is C22H25N3OS. The van der Waals surface area contributed by atoms with Crippen LogP contribution in [0.4, 0.5) is 0 Å². The molecule has 1 aliphatic rings. The fourth-order valence-corrected chi connectivity index (χ4v) is 4.80. The van der Waals surface area contributed by atoms with Crippen LogP contribution in [0.1, 0.15) is 51.1 Å². The number of hydrogen-bond acceptors (Lipinski definition) is 3.